The Bertz CT molecular complexity index is 236. The van der Waals surface area contributed by atoms with Crippen molar-refractivity contribution in [2.75, 3.05) is 0 Å². The van der Waals surface area contributed by atoms with E-state index >= 15 is 0 Å². The number of hydrogen-bond donors (Lipinski definition) is 2. The van der Waals surface area contributed by atoms with Crippen LogP contribution in [0, 0.1) is 0 Å². The van der Waals surface area contributed by atoms with E-state index < -0.39 is 11.6 Å². The highest BCUT2D eigenvalue weighted by atomic mass is 16.5. The number of hydrogen-bond acceptors (Lipinski definition) is 3. The molecule has 0 aliphatic heterocycles. The summed E-state index contributed by atoms with van der Waals surface area (Å²) in [6, 6.07) is 0. The van der Waals surface area contributed by atoms with Crippen molar-refractivity contribution in [1.29, 1.82) is 0 Å². The van der Waals surface area contributed by atoms with Crippen LogP contribution in [0.15, 0.2) is 23.8 Å². The third-order valence-electron chi connectivity index (χ3n) is 1.54. The summed E-state index contributed by atoms with van der Waals surface area (Å²) in [6.07, 6.45) is 4.68. The van der Waals surface area contributed by atoms with Gasteiger partial charge in [0.25, 0.3) is 0 Å². The Morgan fingerprint density at radius 1 is 1.64 bits per heavy atom. The minimum absolute atomic E-state index is 0.00380. The largest absolute Gasteiger partial charge is 0.359 e. The second-order valence-electron chi connectivity index (χ2n) is 2.58. The zero-order chi connectivity index (χ0) is 8.48. The maximum Gasteiger partial charge on any atom is 0.232 e. The first kappa shape index (κ1) is 8.17. The van der Waals surface area contributed by atoms with Gasteiger partial charge >= 0.3 is 0 Å². The molecule has 0 bridgehead atoms. The van der Waals surface area contributed by atoms with Crippen LogP contribution in [0.25, 0.3) is 0 Å². The molecule has 0 radical (unpaired) electrons. The van der Waals surface area contributed by atoms with E-state index in [0.717, 1.165) is 0 Å². The van der Waals surface area contributed by atoms with Crippen LogP contribution in [0.3, 0.4) is 0 Å². The zero-order valence-corrected chi connectivity index (χ0v) is 6.24. The number of aliphatic hydroxyl groups is 2. The van der Waals surface area contributed by atoms with E-state index in [-0.39, 0.29) is 6.42 Å². The van der Waals surface area contributed by atoms with Crippen molar-refractivity contribution in [3.05, 3.63) is 23.8 Å². The molecule has 0 saturated heterocycles. The van der Waals surface area contributed by atoms with E-state index in [1.54, 1.807) is 19.1 Å². The van der Waals surface area contributed by atoms with Crippen molar-refractivity contribution < 1.29 is 15.0 Å². The second kappa shape index (κ2) is 2.60. The Morgan fingerprint density at radius 2 is 2.27 bits per heavy atom. The third kappa shape index (κ3) is 1.56. The number of rotatable bonds is 1. The van der Waals surface area contributed by atoms with Crippen molar-refractivity contribution >= 4 is 5.78 Å². The molecule has 0 fully saturated rings. The second-order valence-corrected chi connectivity index (χ2v) is 2.58. The van der Waals surface area contributed by atoms with Gasteiger partial charge in [-0.1, -0.05) is 12.2 Å². The van der Waals surface area contributed by atoms with Gasteiger partial charge in [0.05, 0.1) is 0 Å². The summed E-state index contributed by atoms with van der Waals surface area (Å²) < 4.78 is 0. The molecule has 3 nitrogen and oxygen atoms in total. The fourth-order valence-electron chi connectivity index (χ4n) is 1.03. The molecule has 0 heterocycles. The van der Waals surface area contributed by atoms with Gasteiger partial charge in [0.2, 0.25) is 11.6 Å². The maximum absolute atomic E-state index is 10.8. The van der Waals surface area contributed by atoms with Gasteiger partial charge in [0, 0.05) is 6.42 Å². The molecular weight excluding hydrogens is 144 g/mol. The van der Waals surface area contributed by atoms with E-state index in [2.05, 4.69) is 0 Å². The number of ketones is 1. The van der Waals surface area contributed by atoms with Crippen LogP contribution in [0.1, 0.15) is 13.3 Å². The monoisotopic (exact) mass is 154 g/mol. The number of carbonyl (C=O) groups is 1. The van der Waals surface area contributed by atoms with Gasteiger partial charge in [-0.2, -0.15) is 0 Å². The molecule has 1 aliphatic rings. The van der Waals surface area contributed by atoms with Gasteiger partial charge in [-0.25, -0.2) is 0 Å². The van der Waals surface area contributed by atoms with Crippen LogP contribution >= 0.6 is 0 Å². The van der Waals surface area contributed by atoms with Crippen LogP contribution in [0.2, 0.25) is 0 Å². The smallest absolute Gasteiger partial charge is 0.232 e. The molecule has 3 heteroatoms. The van der Waals surface area contributed by atoms with Crippen LogP contribution in [0.4, 0.5) is 0 Å². The Labute approximate surface area is 64.7 Å². The maximum atomic E-state index is 10.8. The van der Waals surface area contributed by atoms with Crippen molar-refractivity contribution in [2.24, 2.45) is 0 Å². The highest BCUT2D eigenvalue weighted by molar-refractivity contribution is 5.99. The van der Waals surface area contributed by atoms with E-state index in [1.807, 2.05) is 0 Å². The third-order valence-corrected chi connectivity index (χ3v) is 1.54. The van der Waals surface area contributed by atoms with Gasteiger partial charge < -0.3 is 10.2 Å². The standard InChI is InChI=1S/C8H10O3/c1-2-3-6-4-7(9)8(10,11)5-6/h2-4,10-11H,5H2,1H3. The van der Waals surface area contributed by atoms with Crippen molar-refractivity contribution in [3.63, 3.8) is 0 Å². The molecule has 1 rings (SSSR count). The highest BCUT2D eigenvalue weighted by Gasteiger charge is 2.37. The fraction of sp³-hybridized carbons (Fsp3) is 0.375. The van der Waals surface area contributed by atoms with Crippen LogP contribution in [-0.2, 0) is 4.79 Å². The Balaban J connectivity index is 2.79. The summed E-state index contributed by atoms with van der Waals surface area (Å²) >= 11 is 0. The molecule has 0 aromatic carbocycles. The lowest BCUT2D eigenvalue weighted by Gasteiger charge is -2.11. The molecule has 11 heavy (non-hydrogen) atoms. The molecule has 0 unspecified atom stereocenters. The summed E-state index contributed by atoms with van der Waals surface area (Å²) in [4.78, 5) is 10.8. The van der Waals surface area contributed by atoms with Gasteiger partial charge in [-0.3, -0.25) is 4.79 Å². The molecule has 60 valence electrons. The van der Waals surface area contributed by atoms with E-state index in [9.17, 15) is 4.79 Å². The first-order valence-corrected chi connectivity index (χ1v) is 3.39. The van der Waals surface area contributed by atoms with Gasteiger partial charge in [-0.15, -0.1) is 0 Å². The summed E-state index contributed by atoms with van der Waals surface area (Å²) in [5.41, 5.74) is 0.655. The molecule has 1 aliphatic carbocycles. The Morgan fingerprint density at radius 3 is 2.64 bits per heavy atom. The van der Waals surface area contributed by atoms with Crippen LogP contribution < -0.4 is 0 Å². The average molecular weight is 154 g/mol. The van der Waals surface area contributed by atoms with Crippen molar-refractivity contribution in [3.8, 4) is 0 Å². The van der Waals surface area contributed by atoms with Crippen LogP contribution in [-0.4, -0.2) is 21.8 Å². The molecule has 0 amide bonds. The van der Waals surface area contributed by atoms with Crippen molar-refractivity contribution in [1.82, 2.24) is 0 Å². The molecule has 0 aromatic heterocycles. The molecular formula is C8H10O3. The summed E-state index contributed by atoms with van der Waals surface area (Å²) in [5, 5.41) is 18.0. The quantitative estimate of drug-likeness (QED) is 0.528. The number of carbonyl (C=O) groups excluding carboxylic acids is 1. The first-order valence-electron chi connectivity index (χ1n) is 3.39. The minimum Gasteiger partial charge on any atom is -0.359 e. The lowest BCUT2D eigenvalue weighted by molar-refractivity contribution is -0.173. The molecule has 2 N–H and O–H groups in total. The van der Waals surface area contributed by atoms with E-state index in [1.165, 1.54) is 6.08 Å². The number of allylic oxidation sites excluding steroid dienone is 2. The highest BCUT2D eigenvalue weighted by Crippen LogP contribution is 2.24. The molecule has 0 atom stereocenters. The predicted octanol–water partition coefficient (Wildman–Crippen LogP) is 0.143. The predicted molar refractivity (Wildman–Crippen MR) is 39.7 cm³/mol. The average Bonchev–Trinajstić information content (AvgIpc) is 2.08. The lowest BCUT2D eigenvalue weighted by atomic mass is 10.1. The summed E-state index contributed by atoms with van der Waals surface area (Å²) in [7, 11) is 0. The fourth-order valence-corrected chi connectivity index (χ4v) is 1.03. The van der Waals surface area contributed by atoms with Gasteiger partial charge in [0.1, 0.15) is 0 Å². The van der Waals surface area contributed by atoms with Crippen molar-refractivity contribution in [2.45, 2.75) is 19.1 Å². The molecule has 0 spiro atoms. The van der Waals surface area contributed by atoms with Gasteiger partial charge in [-0.05, 0) is 18.6 Å². The lowest BCUT2D eigenvalue weighted by Crippen LogP contribution is -2.33. The SMILES string of the molecule is CC=CC1=CC(=O)C(O)(O)C1. The Hall–Kier alpha value is -0.930. The summed E-state index contributed by atoms with van der Waals surface area (Å²) in [5.74, 6) is -2.79. The molecule has 0 aromatic rings. The summed E-state index contributed by atoms with van der Waals surface area (Å²) in [6.45, 7) is 1.81. The van der Waals surface area contributed by atoms with E-state index in [0.29, 0.717) is 5.57 Å². The normalized spacial score (nSPS) is 22.8. The molecule has 0 saturated carbocycles. The minimum atomic E-state index is -2.16. The van der Waals surface area contributed by atoms with E-state index in [4.69, 9.17) is 10.2 Å². The first-order chi connectivity index (χ1) is 5.06. The van der Waals surface area contributed by atoms with Crippen LogP contribution in [0.5, 0.6) is 0 Å². The Kier molecular flexibility index (Phi) is 1.93. The topological polar surface area (TPSA) is 57.5 Å². The van der Waals surface area contributed by atoms with Gasteiger partial charge in [0.15, 0.2) is 0 Å². The zero-order valence-electron chi connectivity index (χ0n) is 6.24.